The van der Waals surface area contributed by atoms with Crippen molar-refractivity contribution in [3.63, 3.8) is 0 Å². The average Bonchev–Trinajstić information content (AvgIpc) is 3.48. The molecule has 1 radical (unpaired) electrons. The van der Waals surface area contributed by atoms with Gasteiger partial charge in [0.1, 0.15) is 0 Å². The highest BCUT2D eigenvalue weighted by molar-refractivity contribution is 6.33. The summed E-state index contributed by atoms with van der Waals surface area (Å²) < 4.78 is 2.11. The maximum absolute atomic E-state index is 12.2. The van der Waals surface area contributed by atoms with Crippen LogP contribution in [-0.2, 0) is 19.2 Å². The molecule has 159 valence electrons. The lowest BCUT2D eigenvalue weighted by molar-refractivity contribution is -0.197. The number of imide groups is 1. The van der Waals surface area contributed by atoms with Crippen molar-refractivity contribution >= 4 is 43.6 Å². The van der Waals surface area contributed by atoms with Gasteiger partial charge in [-0.3, -0.25) is 9.59 Å². The fourth-order valence-corrected chi connectivity index (χ4v) is 4.05. The number of aromatic nitrogens is 1. The van der Waals surface area contributed by atoms with Crippen molar-refractivity contribution in [3.8, 4) is 0 Å². The third-order valence-electron chi connectivity index (χ3n) is 5.75. The van der Waals surface area contributed by atoms with Gasteiger partial charge in [0.25, 0.3) is 11.8 Å². The van der Waals surface area contributed by atoms with Gasteiger partial charge in [-0.05, 0) is 42.3 Å². The Balaban J connectivity index is 1.23. The van der Waals surface area contributed by atoms with Gasteiger partial charge in [0.15, 0.2) is 0 Å². The van der Waals surface area contributed by atoms with Crippen molar-refractivity contribution in [2.24, 2.45) is 0 Å². The fraction of sp³-hybridized carbons (Fsp3) is 0.208. The molecule has 1 atom stereocenters. The van der Waals surface area contributed by atoms with E-state index in [-0.39, 0.29) is 25.3 Å². The van der Waals surface area contributed by atoms with Crippen LogP contribution in [0.2, 0.25) is 0 Å². The van der Waals surface area contributed by atoms with E-state index < -0.39 is 17.8 Å². The Labute approximate surface area is 186 Å². The zero-order chi connectivity index (χ0) is 22.1. The molecule has 0 bridgehead atoms. The maximum Gasteiger partial charge on any atom is 0.396 e. The summed E-state index contributed by atoms with van der Waals surface area (Å²) >= 11 is 0. The van der Waals surface area contributed by atoms with Gasteiger partial charge < -0.3 is 14.1 Å². The monoisotopic (exact) mass is 426 g/mol. The summed E-state index contributed by atoms with van der Waals surface area (Å²) in [6.07, 6.45) is 11.1. The molecular formula is C24H21BN3O4. The Kier molecular flexibility index (Phi) is 5.27. The van der Waals surface area contributed by atoms with Gasteiger partial charge in [0.2, 0.25) is 0 Å². The van der Waals surface area contributed by atoms with Gasteiger partial charge in [0.05, 0.1) is 6.42 Å². The smallest absolute Gasteiger partial charge is 0.392 e. The molecule has 2 amide bonds. The number of rotatable bonds is 6. The van der Waals surface area contributed by atoms with E-state index in [1.165, 1.54) is 0 Å². The van der Waals surface area contributed by atoms with Crippen molar-refractivity contribution in [2.75, 3.05) is 0 Å². The molecule has 1 aromatic heterocycles. The molecule has 7 nitrogen and oxygen atoms in total. The normalized spacial score (nSPS) is 19.2. The summed E-state index contributed by atoms with van der Waals surface area (Å²) in [5.41, 5.74) is 4.32. The van der Waals surface area contributed by atoms with Crippen LogP contribution in [0.25, 0.3) is 18.2 Å². The van der Waals surface area contributed by atoms with E-state index in [0.717, 1.165) is 22.6 Å². The van der Waals surface area contributed by atoms with E-state index in [0.29, 0.717) is 11.5 Å². The van der Waals surface area contributed by atoms with E-state index in [1.54, 1.807) is 0 Å². The number of benzene rings is 1. The van der Waals surface area contributed by atoms with E-state index in [4.69, 9.17) is 4.84 Å². The first-order valence-electron chi connectivity index (χ1n) is 10.6. The second-order valence-corrected chi connectivity index (χ2v) is 7.90. The molecule has 32 heavy (non-hydrogen) atoms. The van der Waals surface area contributed by atoms with E-state index in [2.05, 4.69) is 51.8 Å². The molecule has 0 aliphatic carbocycles. The minimum Gasteiger partial charge on any atom is -0.392 e. The molecule has 2 aromatic rings. The van der Waals surface area contributed by atoms with Crippen LogP contribution < -0.4 is 0 Å². The first-order valence-corrected chi connectivity index (χ1v) is 10.6. The average molecular weight is 426 g/mol. The van der Waals surface area contributed by atoms with Crippen LogP contribution in [0.4, 0.5) is 0 Å². The van der Waals surface area contributed by atoms with Crippen molar-refractivity contribution in [1.82, 2.24) is 14.4 Å². The molecule has 0 spiro atoms. The summed E-state index contributed by atoms with van der Waals surface area (Å²) in [6, 6.07) is 14.3. The number of carbonyl (C=O) groups excluding carboxylic acids is 3. The predicted molar refractivity (Wildman–Crippen MR) is 120 cm³/mol. The number of nitrogens with zero attached hydrogens (tertiary/aromatic N) is 3. The number of hydrogen-bond acceptors (Lipinski definition) is 5. The van der Waals surface area contributed by atoms with Gasteiger partial charge in [-0.25, -0.2) is 4.79 Å². The third-order valence-corrected chi connectivity index (χ3v) is 5.75. The van der Waals surface area contributed by atoms with E-state index >= 15 is 0 Å². The first-order chi connectivity index (χ1) is 15.6. The molecule has 8 heteroatoms. The SMILES string of the molecule is O=C(CCC1C=CC2=Cc3ccc(C=Cc4ccccc4)n3[B]N21)ON1C(=O)CCC1=O. The standard InChI is InChI=1S/C24H21BN3O4/c29-22-13-14-23(30)28(22)32-24(31)15-12-19-9-11-21-16-20-10-8-18(26(20)25-27(19)21)7-6-17-4-2-1-3-5-17/h1-11,16,19H,12-15H2. The summed E-state index contributed by atoms with van der Waals surface area (Å²) in [5.74, 6) is -1.51. The van der Waals surface area contributed by atoms with Crippen molar-refractivity contribution < 1.29 is 19.2 Å². The maximum atomic E-state index is 12.2. The Morgan fingerprint density at radius 3 is 2.62 bits per heavy atom. The third kappa shape index (κ3) is 3.91. The minimum atomic E-state index is -0.579. The van der Waals surface area contributed by atoms with Crippen LogP contribution in [-0.4, -0.2) is 45.7 Å². The molecule has 4 heterocycles. The largest absolute Gasteiger partial charge is 0.396 e. The molecule has 1 fully saturated rings. The van der Waals surface area contributed by atoms with Gasteiger partial charge in [-0.2, -0.15) is 0 Å². The van der Waals surface area contributed by atoms with Gasteiger partial charge >= 0.3 is 13.5 Å². The number of fused-ring (bicyclic) bond motifs is 2. The summed E-state index contributed by atoms with van der Waals surface area (Å²) in [5, 5.41) is 0.600. The van der Waals surface area contributed by atoms with Gasteiger partial charge in [0, 0.05) is 36.0 Å². The van der Waals surface area contributed by atoms with Crippen LogP contribution in [0.5, 0.6) is 0 Å². The molecule has 0 N–H and O–H groups in total. The number of hydrogen-bond donors (Lipinski definition) is 0. The van der Waals surface area contributed by atoms with Crippen molar-refractivity contribution in [3.05, 3.63) is 77.3 Å². The van der Waals surface area contributed by atoms with Crippen molar-refractivity contribution in [1.29, 1.82) is 0 Å². The van der Waals surface area contributed by atoms with Crippen LogP contribution >= 0.6 is 0 Å². The zero-order valence-electron chi connectivity index (χ0n) is 17.4. The lowest BCUT2D eigenvalue weighted by Gasteiger charge is -2.31. The highest BCUT2D eigenvalue weighted by Gasteiger charge is 2.34. The fourth-order valence-electron chi connectivity index (χ4n) is 4.05. The quantitative estimate of drug-likeness (QED) is 0.525. The predicted octanol–water partition coefficient (Wildman–Crippen LogP) is 3.02. The highest BCUT2D eigenvalue weighted by Crippen LogP contribution is 2.30. The van der Waals surface area contributed by atoms with E-state index in [1.807, 2.05) is 37.9 Å². The molecule has 3 aliphatic heterocycles. The van der Waals surface area contributed by atoms with Crippen LogP contribution in [0.1, 0.15) is 42.6 Å². The summed E-state index contributed by atoms with van der Waals surface area (Å²) in [6.45, 7) is 0. The Bertz CT molecular complexity index is 1150. The molecular weight excluding hydrogens is 405 g/mol. The molecule has 1 saturated heterocycles. The first kappa shape index (κ1) is 20.1. The zero-order valence-corrected chi connectivity index (χ0v) is 17.4. The van der Waals surface area contributed by atoms with Gasteiger partial charge in [-0.1, -0.05) is 42.5 Å². The summed E-state index contributed by atoms with van der Waals surface area (Å²) in [7, 11) is 2.04. The lowest BCUT2D eigenvalue weighted by atomic mass is 9.97. The topological polar surface area (TPSA) is 71.8 Å². The Hall–Kier alpha value is -3.81. The molecule has 5 rings (SSSR count). The minimum absolute atomic E-state index is 0.0136. The van der Waals surface area contributed by atoms with Crippen LogP contribution in [0.15, 0.2) is 60.3 Å². The van der Waals surface area contributed by atoms with Crippen molar-refractivity contribution in [2.45, 2.75) is 31.7 Å². The van der Waals surface area contributed by atoms with Crippen LogP contribution in [0.3, 0.4) is 0 Å². The number of hydroxylamine groups is 2. The Morgan fingerprint density at radius 1 is 1.06 bits per heavy atom. The van der Waals surface area contributed by atoms with Gasteiger partial charge in [-0.15, -0.1) is 5.06 Å². The summed E-state index contributed by atoms with van der Waals surface area (Å²) in [4.78, 5) is 42.5. The van der Waals surface area contributed by atoms with Crippen LogP contribution in [0, 0.1) is 0 Å². The lowest BCUT2D eigenvalue weighted by Crippen LogP contribution is -2.40. The Morgan fingerprint density at radius 2 is 1.84 bits per heavy atom. The second kappa shape index (κ2) is 8.38. The molecule has 0 saturated carbocycles. The molecule has 1 unspecified atom stereocenters. The number of allylic oxidation sites excluding steroid dienone is 1. The number of carbonyl (C=O) groups is 3. The van der Waals surface area contributed by atoms with E-state index in [9.17, 15) is 14.4 Å². The molecule has 1 aromatic carbocycles. The molecule has 3 aliphatic rings. The second-order valence-electron chi connectivity index (χ2n) is 7.90. The highest BCUT2D eigenvalue weighted by atomic mass is 16.7. The number of amides is 2.